The van der Waals surface area contributed by atoms with Crippen molar-refractivity contribution in [1.29, 1.82) is 0 Å². The monoisotopic (exact) mass is 513 g/mol. The highest BCUT2D eigenvalue weighted by Crippen LogP contribution is 2.33. The maximum absolute atomic E-state index is 13.5. The number of aromatic nitrogens is 2. The van der Waals surface area contributed by atoms with Crippen LogP contribution < -0.4 is 15.4 Å². The number of anilines is 3. The molecule has 0 unspecified atom stereocenters. The maximum atomic E-state index is 13.5. The highest BCUT2D eigenvalue weighted by molar-refractivity contribution is 6.31. The van der Waals surface area contributed by atoms with Gasteiger partial charge in [0.2, 0.25) is 5.91 Å². The SMILES string of the molecule is COc1cc2ncnc(Nc3ccc(F)c(Cl)c3)c2cc1NC(=O)C=CCN1CC(=O)OCC1(C)C. The molecule has 0 aliphatic carbocycles. The van der Waals surface area contributed by atoms with E-state index < -0.39 is 5.82 Å². The molecule has 0 atom stereocenters. The molecule has 2 aromatic carbocycles. The van der Waals surface area contributed by atoms with Crippen molar-refractivity contribution in [1.82, 2.24) is 14.9 Å². The fourth-order valence-corrected chi connectivity index (χ4v) is 3.88. The van der Waals surface area contributed by atoms with Crippen molar-refractivity contribution in [3.63, 3.8) is 0 Å². The molecule has 3 aromatic rings. The molecule has 0 spiro atoms. The van der Waals surface area contributed by atoms with Gasteiger partial charge in [0, 0.05) is 29.8 Å². The number of nitrogens with one attached hydrogen (secondary N) is 2. The summed E-state index contributed by atoms with van der Waals surface area (Å²) in [6.07, 6.45) is 4.48. The number of methoxy groups -OCH3 is 1. The Labute approximate surface area is 212 Å². The third kappa shape index (κ3) is 5.72. The van der Waals surface area contributed by atoms with E-state index in [1.165, 1.54) is 37.7 Å². The topological polar surface area (TPSA) is 106 Å². The summed E-state index contributed by atoms with van der Waals surface area (Å²) in [5.74, 6) is -0.333. The predicted molar refractivity (Wildman–Crippen MR) is 135 cm³/mol. The highest BCUT2D eigenvalue weighted by atomic mass is 35.5. The Morgan fingerprint density at radius 2 is 2.11 bits per heavy atom. The van der Waals surface area contributed by atoms with Crippen LogP contribution in [0.2, 0.25) is 5.02 Å². The Morgan fingerprint density at radius 1 is 1.31 bits per heavy atom. The van der Waals surface area contributed by atoms with E-state index >= 15 is 0 Å². The van der Waals surface area contributed by atoms with E-state index in [9.17, 15) is 14.0 Å². The zero-order valence-corrected chi connectivity index (χ0v) is 20.7. The molecule has 1 aliphatic heterocycles. The average Bonchev–Trinajstić information content (AvgIpc) is 2.84. The first kappa shape index (κ1) is 25.3. The van der Waals surface area contributed by atoms with Gasteiger partial charge >= 0.3 is 5.97 Å². The number of rotatable bonds is 7. The minimum absolute atomic E-state index is 0.0235. The van der Waals surface area contributed by atoms with Crippen LogP contribution in [0.25, 0.3) is 10.9 Å². The lowest BCUT2D eigenvalue weighted by Crippen LogP contribution is -2.54. The number of ether oxygens (including phenoxy) is 2. The minimum atomic E-state index is -0.527. The summed E-state index contributed by atoms with van der Waals surface area (Å²) in [7, 11) is 1.49. The molecule has 9 nitrogen and oxygen atoms in total. The van der Waals surface area contributed by atoms with Crippen molar-refractivity contribution in [2.24, 2.45) is 0 Å². The highest BCUT2D eigenvalue weighted by Gasteiger charge is 2.33. The zero-order valence-electron chi connectivity index (χ0n) is 20.0. The van der Waals surface area contributed by atoms with Crippen molar-refractivity contribution >= 4 is 51.6 Å². The lowest BCUT2D eigenvalue weighted by Gasteiger charge is -2.40. The molecule has 4 rings (SSSR count). The molecule has 2 N–H and O–H groups in total. The number of carbonyl (C=O) groups excluding carboxylic acids is 2. The summed E-state index contributed by atoms with van der Waals surface area (Å²) in [5.41, 5.74) is 1.20. The first-order valence-electron chi connectivity index (χ1n) is 11.1. The summed E-state index contributed by atoms with van der Waals surface area (Å²) >= 11 is 5.89. The van der Waals surface area contributed by atoms with Crippen LogP contribution in [0.5, 0.6) is 5.75 Å². The number of carbonyl (C=O) groups is 2. The third-order valence-electron chi connectivity index (χ3n) is 5.75. The van der Waals surface area contributed by atoms with Gasteiger partial charge in [-0.1, -0.05) is 17.7 Å². The second-order valence-electron chi connectivity index (χ2n) is 8.79. The number of fused-ring (bicyclic) bond motifs is 1. The van der Waals surface area contributed by atoms with Crippen LogP contribution in [0.15, 0.2) is 48.8 Å². The van der Waals surface area contributed by atoms with Crippen LogP contribution in [-0.2, 0) is 14.3 Å². The molecule has 1 amide bonds. The second kappa shape index (κ2) is 10.5. The Bertz CT molecular complexity index is 1350. The van der Waals surface area contributed by atoms with Crippen molar-refractivity contribution in [3.05, 3.63) is 59.7 Å². The van der Waals surface area contributed by atoms with Gasteiger partial charge in [-0.05, 0) is 38.1 Å². The van der Waals surface area contributed by atoms with E-state index in [0.717, 1.165) is 0 Å². The largest absolute Gasteiger partial charge is 0.494 e. The smallest absolute Gasteiger partial charge is 0.320 e. The summed E-state index contributed by atoms with van der Waals surface area (Å²) in [6.45, 7) is 4.81. The van der Waals surface area contributed by atoms with Gasteiger partial charge in [0.1, 0.15) is 30.3 Å². The van der Waals surface area contributed by atoms with E-state index in [1.807, 2.05) is 18.7 Å². The van der Waals surface area contributed by atoms with Crippen LogP contribution in [0, 0.1) is 5.82 Å². The molecule has 1 aromatic heterocycles. The summed E-state index contributed by atoms with van der Waals surface area (Å²) in [6, 6.07) is 7.61. The van der Waals surface area contributed by atoms with Crippen LogP contribution >= 0.6 is 11.6 Å². The third-order valence-corrected chi connectivity index (χ3v) is 6.04. The van der Waals surface area contributed by atoms with Gasteiger partial charge in [-0.2, -0.15) is 0 Å². The quantitative estimate of drug-likeness (QED) is 0.356. The van der Waals surface area contributed by atoms with Crippen molar-refractivity contribution < 1.29 is 23.5 Å². The first-order chi connectivity index (χ1) is 17.2. The number of halogens is 2. The number of hydrogen-bond acceptors (Lipinski definition) is 8. The van der Waals surface area contributed by atoms with E-state index in [2.05, 4.69) is 20.6 Å². The molecule has 2 heterocycles. The van der Waals surface area contributed by atoms with Gasteiger partial charge in [0.15, 0.2) is 0 Å². The number of hydrogen-bond donors (Lipinski definition) is 2. The maximum Gasteiger partial charge on any atom is 0.320 e. The molecule has 0 radical (unpaired) electrons. The fourth-order valence-electron chi connectivity index (χ4n) is 3.70. The fraction of sp³-hybridized carbons (Fsp3) is 0.280. The molecular weight excluding hydrogens is 489 g/mol. The molecule has 0 bridgehead atoms. The van der Waals surface area contributed by atoms with Crippen LogP contribution in [0.1, 0.15) is 13.8 Å². The van der Waals surface area contributed by atoms with Crippen molar-refractivity contribution in [2.45, 2.75) is 19.4 Å². The molecule has 36 heavy (non-hydrogen) atoms. The molecule has 0 saturated carbocycles. The van der Waals surface area contributed by atoms with Gasteiger partial charge in [0.05, 0.1) is 35.4 Å². The second-order valence-corrected chi connectivity index (χ2v) is 9.20. The number of amides is 1. The normalized spacial score (nSPS) is 15.6. The minimum Gasteiger partial charge on any atom is -0.494 e. The number of benzene rings is 2. The van der Waals surface area contributed by atoms with Gasteiger partial charge in [-0.3, -0.25) is 14.5 Å². The number of nitrogens with zero attached hydrogens (tertiary/aromatic N) is 3. The summed E-state index contributed by atoms with van der Waals surface area (Å²) in [4.78, 5) is 34.8. The summed E-state index contributed by atoms with van der Waals surface area (Å²) in [5, 5.41) is 6.50. The van der Waals surface area contributed by atoms with Gasteiger partial charge in [-0.15, -0.1) is 0 Å². The average molecular weight is 514 g/mol. The van der Waals surface area contributed by atoms with Crippen LogP contribution in [0.4, 0.5) is 21.6 Å². The number of esters is 1. The number of morpholine rings is 1. The molecule has 11 heteroatoms. The van der Waals surface area contributed by atoms with Crippen molar-refractivity contribution in [3.8, 4) is 5.75 Å². The van der Waals surface area contributed by atoms with E-state index in [1.54, 1.807) is 18.2 Å². The van der Waals surface area contributed by atoms with Crippen LogP contribution in [-0.4, -0.2) is 59.1 Å². The Balaban J connectivity index is 1.54. The Kier molecular flexibility index (Phi) is 7.37. The van der Waals surface area contributed by atoms with Gasteiger partial charge in [-0.25, -0.2) is 14.4 Å². The molecular formula is C25H25ClFN5O4. The molecule has 1 aliphatic rings. The molecule has 1 saturated heterocycles. The first-order valence-corrected chi connectivity index (χ1v) is 11.5. The van der Waals surface area contributed by atoms with Gasteiger partial charge < -0.3 is 20.1 Å². The number of cyclic esters (lactones) is 1. The van der Waals surface area contributed by atoms with Crippen LogP contribution in [0.3, 0.4) is 0 Å². The van der Waals surface area contributed by atoms with E-state index in [4.69, 9.17) is 21.1 Å². The standard InChI is InChI=1S/C25H25ClFN5O4/c1-25(2)13-36-23(34)12-32(25)8-4-5-22(33)31-20-10-16-19(11-21(20)35-3)28-14-29-24(16)30-15-6-7-18(27)17(26)9-15/h4-7,9-11,14H,8,12-13H2,1-3H3,(H,31,33)(H,28,29,30). The predicted octanol–water partition coefficient (Wildman–Crippen LogP) is 4.31. The van der Waals surface area contributed by atoms with Gasteiger partial charge in [0.25, 0.3) is 0 Å². The lowest BCUT2D eigenvalue weighted by molar-refractivity contribution is -0.159. The Morgan fingerprint density at radius 3 is 2.86 bits per heavy atom. The van der Waals surface area contributed by atoms with E-state index in [-0.39, 0.29) is 29.0 Å². The lowest BCUT2D eigenvalue weighted by atomic mass is 10.0. The Hall–Kier alpha value is -3.76. The van der Waals surface area contributed by atoms with Crippen molar-refractivity contribution in [2.75, 3.05) is 37.4 Å². The molecule has 1 fully saturated rings. The van der Waals surface area contributed by atoms with E-state index in [0.29, 0.717) is 47.0 Å². The zero-order chi connectivity index (χ0) is 25.9. The summed E-state index contributed by atoms with van der Waals surface area (Å²) < 4.78 is 24.1. The molecule has 188 valence electrons.